The SMILES string of the molecule is CCCc1cc(NCC)nc(C(C)OC)n1. The third-order valence-electron chi connectivity index (χ3n) is 2.38. The van der Waals surface area contributed by atoms with Gasteiger partial charge in [0.2, 0.25) is 0 Å². The molecule has 0 aliphatic carbocycles. The van der Waals surface area contributed by atoms with Gasteiger partial charge in [-0.2, -0.15) is 0 Å². The molecule has 1 rings (SSSR count). The van der Waals surface area contributed by atoms with Gasteiger partial charge in [-0.05, 0) is 20.3 Å². The Morgan fingerprint density at radius 2 is 2.12 bits per heavy atom. The summed E-state index contributed by atoms with van der Waals surface area (Å²) in [5, 5.41) is 3.22. The number of aryl methyl sites for hydroxylation is 1. The van der Waals surface area contributed by atoms with Crippen molar-refractivity contribution in [3.8, 4) is 0 Å². The second-order valence-corrected chi connectivity index (χ2v) is 3.76. The van der Waals surface area contributed by atoms with Gasteiger partial charge in [-0.3, -0.25) is 0 Å². The van der Waals surface area contributed by atoms with Gasteiger partial charge < -0.3 is 10.1 Å². The minimum absolute atomic E-state index is 0.0609. The summed E-state index contributed by atoms with van der Waals surface area (Å²) < 4.78 is 5.25. The highest BCUT2D eigenvalue weighted by Crippen LogP contribution is 2.15. The summed E-state index contributed by atoms with van der Waals surface area (Å²) in [6.45, 7) is 7.03. The predicted molar refractivity (Wildman–Crippen MR) is 65.6 cm³/mol. The number of methoxy groups -OCH3 is 1. The smallest absolute Gasteiger partial charge is 0.159 e. The van der Waals surface area contributed by atoms with Crippen LogP contribution in [0.4, 0.5) is 5.82 Å². The number of hydrogen-bond acceptors (Lipinski definition) is 4. The molecule has 0 aromatic carbocycles. The first kappa shape index (κ1) is 12.9. The largest absolute Gasteiger partial charge is 0.374 e. The molecule has 90 valence electrons. The lowest BCUT2D eigenvalue weighted by molar-refractivity contribution is 0.112. The quantitative estimate of drug-likeness (QED) is 0.805. The summed E-state index contributed by atoms with van der Waals surface area (Å²) >= 11 is 0. The number of aromatic nitrogens is 2. The summed E-state index contributed by atoms with van der Waals surface area (Å²) in [7, 11) is 1.67. The zero-order chi connectivity index (χ0) is 12.0. The van der Waals surface area contributed by atoms with Gasteiger partial charge in [0.25, 0.3) is 0 Å². The summed E-state index contributed by atoms with van der Waals surface area (Å²) in [6, 6.07) is 2.01. The predicted octanol–water partition coefficient (Wildman–Crippen LogP) is 2.57. The van der Waals surface area contributed by atoms with E-state index in [4.69, 9.17) is 4.74 Å². The first-order chi connectivity index (χ1) is 7.71. The van der Waals surface area contributed by atoms with E-state index in [-0.39, 0.29) is 6.10 Å². The Kier molecular flexibility index (Phi) is 5.19. The molecule has 0 saturated carbocycles. The molecule has 1 N–H and O–H groups in total. The molecule has 16 heavy (non-hydrogen) atoms. The molecule has 0 spiro atoms. The van der Waals surface area contributed by atoms with E-state index in [1.807, 2.05) is 13.0 Å². The Hall–Kier alpha value is -1.16. The fraction of sp³-hybridized carbons (Fsp3) is 0.667. The molecule has 0 saturated heterocycles. The zero-order valence-corrected chi connectivity index (χ0v) is 10.6. The molecular formula is C12H21N3O. The van der Waals surface area contributed by atoms with Gasteiger partial charge in [0.15, 0.2) is 5.82 Å². The van der Waals surface area contributed by atoms with Crippen molar-refractivity contribution < 1.29 is 4.74 Å². The molecule has 0 radical (unpaired) electrons. The van der Waals surface area contributed by atoms with Crippen molar-refractivity contribution in [3.63, 3.8) is 0 Å². The van der Waals surface area contributed by atoms with Crippen LogP contribution in [0.2, 0.25) is 0 Å². The molecule has 0 fully saturated rings. The second-order valence-electron chi connectivity index (χ2n) is 3.76. The highest BCUT2D eigenvalue weighted by molar-refractivity contribution is 5.36. The van der Waals surface area contributed by atoms with Crippen LogP contribution in [0.5, 0.6) is 0 Å². The molecule has 1 unspecified atom stereocenters. The van der Waals surface area contributed by atoms with E-state index in [2.05, 4.69) is 29.1 Å². The number of ether oxygens (including phenoxy) is 1. The molecule has 1 heterocycles. The topological polar surface area (TPSA) is 47.0 Å². The standard InChI is InChI=1S/C12H21N3O/c1-5-7-10-8-11(13-6-2)15-12(14-10)9(3)16-4/h8-9H,5-7H2,1-4H3,(H,13,14,15). The van der Waals surface area contributed by atoms with E-state index in [9.17, 15) is 0 Å². The Morgan fingerprint density at radius 3 is 2.69 bits per heavy atom. The molecule has 0 amide bonds. The number of rotatable bonds is 6. The molecule has 4 nitrogen and oxygen atoms in total. The van der Waals surface area contributed by atoms with Crippen LogP contribution in [0.3, 0.4) is 0 Å². The van der Waals surface area contributed by atoms with Crippen molar-refractivity contribution in [3.05, 3.63) is 17.6 Å². The van der Waals surface area contributed by atoms with Gasteiger partial charge in [-0.1, -0.05) is 13.3 Å². The number of anilines is 1. The Bertz CT molecular complexity index is 304. The van der Waals surface area contributed by atoms with Gasteiger partial charge >= 0.3 is 0 Å². The van der Waals surface area contributed by atoms with Crippen LogP contribution in [0.15, 0.2) is 6.07 Å². The molecule has 0 bridgehead atoms. The van der Waals surface area contributed by atoms with Crippen LogP contribution in [-0.4, -0.2) is 23.6 Å². The fourth-order valence-corrected chi connectivity index (χ4v) is 1.46. The number of nitrogens with one attached hydrogen (secondary N) is 1. The fourth-order valence-electron chi connectivity index (χ4n) is 1.46. The molecule has 4 heteroatoms. The molecule has 1 atom stereocenters. The van der Waals surface area contributed by atoms with Gasteiger partial charge in [-0.15, -0.1) is 0 Å². The molecule has 0 aliphatic rings. The Balaban J connectivity index is 2.97. The van der Waals surface area contributed by atoms with Crippen LogP contribution in [0.25, 0.3) is 0 Å². The maximum atomic E-state index is 5.25. The minimum atomic E-state index is -0.0609. The highest BCUT2D eigenvalue weighted by atomic mass is 16.5. The van der Waals surface area contributed by atoms with E-state index < -0.39 is 0 Å². The van der Waals surface area contributed by atoms with E-state index in [1.54, 1.807) is 7.11 Å². The third kappa shape index (κ3) is 3.45. The van der Waals surface area contributed by atoms with Crippen LogP contribution in [0, 0.1) is 0 Å². The summed E-state index contributed by atoms with van der Waals surface area (Å²) in [5.41, 5.74) is 1.08. The van der Waals surface area contributed by atoms with Crippen molar-refractivity contribution in [2.75, 3.05) is 19.0 Å². The molecule has 0 aliphatic heterocycles. The van der Waals surface area contributed by atoms with Crippen LogP contribution < -0.4 is 5.32 Å². The number of nitrogens with zero attached hydrogens (tertiary/aromatic N) is 2. The van der Waals surface area contributed by atoms with Crippen molar-refractivity contribution in [2.45, 2.75) is 39.7 Å². The maximum absolute atomic E-state index is 5.25. The lowest BCUT2D eigenvalue weighted by Gasteiger charge is -2.12. The monoisotopic (exact) mass is 223 g/mol. The summed E-state index contributed by atoms with van der Waals surface area (Å²) in [4.78, 5) is 8.93. The second kappa shape index (κ2) is 6.43. The zero-order valence-electron chi connectivity index (χ0n) is 10.6. The average Bonchev–Trinajstić information content (AvgIpc) is 2.28. The van der Waals surface area contributed by atoms with E-state index >= 15 is 0 Å². The van der Waals surface area contributed by atoms with Crippen LogP contribution in [0.1, 0.15) is 44.8 Å². The van der Waals surface area contributed by atoms with Crippen LogP contribution >= 0.6 is 0 Å². The van der Waals surface area contributed by atoms with Gasteiger partial charge in [-0.25, -0.2) is 9.97 Å². The van der Waals surface area contributed by atoms with E-state index in [0.717, 1.165) is 36.7 Å². The first-order valence-electron chi connectivity index (χ1n) is 5.85. The number of hydrogen-bond donors (Lipinski definition) is 1. The van der Waals surface area contributed by atoms with Crippen molar-refractivity contribution in [1.82, 2.24) is 9.97 Å². The molecule has 1 aromatic heterocycles. The van der Waals surface area contributed by atoms with Crippen molar-refractivity contribution in [2.24, 2.45) is 0 Å². The average molecular weight is 223 g/mol. The minimum Gasteiger partial charge on any atom is -0.374 e. The van der Waals surface area contributed by atoms with E-state index in [0.29, 0.717) is 0 Å². The Labute approximate surface area is 97.5 Å². The molecular weight excluding hydrogens is 202 g/mol. The first-order valence-corrected chi connectivity index (χ1v) is 5.85. The summed E-state index contributed by atoms with van der Waals surface area (Å²) in [5.74, 6) is 1.64. The lowest BCUT2D eigenvalue weighted by atomic mass is 10.2. The molecule has 1 aromatic rings. The van der Waals surface area contributed by atoms with Gasteiger partial charge in [0, 0.05) is 25.4 Å². The Morgan fingerprint density at radius 1 is 1.38 bits per heavy atom. The van der Waals surface area contributed by atoms with Gasteiger partial charge in [0.1, 0.15) is 11.9 Å². The summed E-state index contributed by atoms with van der Waals surface area (Å²) in [6.07, 6.45) is 2.00. The van der Waals surface area contributed by atoms with Crippen molar-refractivity contribution in [1.29, 1.82) is 0 Å². The third-order valence-corrected chi connectivity index (χ3v) is 2.38. The van der Waals surface area contributed by atoms with Crippen molar-refractivity contribution >= 4 is 5.82 Å². The van der Waals surface area contributed by atoms with E-state index in [1.165, 1.54) is 0 Å². The van der Waals surface area contributed by atoms with Crippen LogP contribution in [-0.2, 0) is 11.2 Å². The lowest BCUT2D eigenvalue weighted by Crippen LogP contribution is -2.09. The normalized spacial score (nSPS) is 12.5. The maximum Gasteiger partial charge on any atom is 0.159 e. The van der Waals surface area contributed by atoms with Gasteiger partial charge in [0.05, 0.1) is 0 Å². The highest BCUT2D eigenvalue weighted by Gasteiger charge is 2.10.